The summed E-state index contributed by atoms with van der Waals surface area (Å²) < 4.78 is 0. The lowest BCUT2D eigenvalue weighted by Crippen LogP contribution is -2.40. The minimum absolute atomic E-state index is 0.0636. The fraction of sp³-hybridized carbons (Fsp3) is 0.500. The average Bonchev–Trinajstić information content (AvgIpc) is 2.56. The highest BCUT2D eigenvalue weighted by atomic mass is 79.9. The number of amides is 1. The highest BCUT2D eigenvalue weighted by Gasteiger charge is 2.23. The van der Waals surface area contributed by atoms with E-state index in [4.69, 9.17) is 0 Å². The largest absolute Gasteiger partial charge is 0.508 e. The van der Waals surface area contributed by atoms with Gasteiger partial charge in [-0.2, -0.15) is 0 Å². The van der Waals surface area contributed by atoms with Gasteiger partial charge in [0.1, 0.15) is 5.75 Å². The third-order valence-corrected chi connectivity index (χ3v) is 4.47. The van der Waals surface area contributed by atoms with Crippen LogP contribution < -0.4 is 5.32 Å². The van der Waals surface area contributed by atoms with Crippen LogP contribution in [0.5, 0.6) is 5.75 Å². The molecule has 0 radical (unpaired) electrons. The van der Waals surface area contributed by atoms with E-state index < -0.39 is 0 Å². The Bertz CT molecular complexity index is 405. The van der Waals surface area contributed by atoms with Gasteiger partial charge in [-0.05, 0) is 37.1 Å². The number of rotatable bonds is 2. The normalized spacial score (nSPS) is 24.3. The number of benzene rings is 1. The zero-order chi connectivity index (χ0) is 13.0. The molecule has 2 N–H and O–H groups in total. The van der Waals surface area contributed by atoms with Crippen LogP contribution in [0, 0.1) is 0 Å². The summed E-state index contributed by atoms with van der Waals surface area (Å²) in [5.74, 6) is 0.116. The molecule has 1 amide bonds. The molecule has 1 aliphatic carbocycles. The minimum atomic E-state index is -0.0636. The summed E-state index contributed by atoms with van der Waals surface area (Å²) in [7, 11) is 0. The number of nitrogens with one attached hydrogen (secondary N) is 1. The van der Waals surface area contributed by atoms with E-state index in [1.807, 2.05) is 0 Å². The minimum Gasteiger partial charge on any atom is -0.508 e. The predicted octanol–water partition coefficient (Wildman–Crippen LogP) is 3.22. The summed E-state index contributed by atoms with van der Waals surface area (Å²) in [5.41, 5.74) is 0.594. The van der Waals surface area contributed by atoms with Crippen molar-refractivity contribution < 1.29 is 9.90 Å². The maximum Gasteiger partial charge on any atom is 0.251 e. The highest BCUT2D eigenvalue weighted by molar-refractivity contribution is 9.09. The number of alkyl halides is 1. The number of carbonyl (C=O) groups is 1. The maximum absolute atomic E-state index is 12.1. The van der Waals surface area contributed by atoms with Crippen molar-refractivity contribution in [3.63, 3.8) is 0 Å². The van der Waals surface area contributed by atoms with Crippen molar-refractivity contribution in [3.05, 3.63) is 29.8 Å². The molecule has 18 heavy (non-hydrogen) atoms. The first-order valence-corrected chi connectivity index (χ1v) is 7.32. The summed E-state index contributed by atoms with van der Waals surface area (Å²) in [6.07, 6.45) is 5.78. The second-order valence-electron chi connectivity index (χ2n) is 4.78. The first-order valence-electron chi connectivity index (χ1n) is 6.41. The lowest BCUT2D eigenvalue weighted by Gasteiger charge is -2.21. The molecule has 0 heterocycles. The topological polar surface area (TPSA) is 49.3 Å². The molecule has 3 nitrogen and oxygen atoms in total. The van der Waals surface area contributed by atoms with Crippen LogP contribution in [0.2, 0.25) is 0 Å². The molecule has 1 aromatic rings. The maximum atomic E-state index is 12.1. The zero-order valence-electron chi connectivity index (χ0n) is 10.2. The fourth-order valence-electron chi connectivity index (χ4n) is 2.29. The van der Waals surface area contributed by atoms with Gasteiger partial charge in [0.15, 0.2) is 0 Å². The van der Waals surface area contributed by atoms with Crippen LogP contribution >= 0.6 is 15.9 Å². The quantitative estimate of drug-likeness (QED) is 0.651. The van der Waals surface area contributed by atoms with Gasteiger partial charge in [-0.3, -0.25) is 4.79 Å². The van der Waals surface area contributed by atoms with Crippen molar-refractivity contribution in [3.8, 4) is 5.75 Å². The van der Waals surface area contributed by atoms with E-state index in [-0.39, 0.29) is 17.7 Å². The van der Waals surface area contributed by atoms with Gasteiger partial charge in [-0.1, -0.05) is 35.2 Å². The second kappa shape index (κ2) is 6.23. The van der Waals surface area contributed by atoms with Gasteiger partial charge in [0, 0.05) is 16.4 Å². The molecule has 1 fully saturated rings. The number of hydrogen-bond donors (Lipinski definition) is 2. The van der Waals surface area contributed by atoms with Gasteiger partial charge >= 0.3 is 0 Å². The van der Waals surface area contributed by atoms with Gasteiger partial charge in [-0.25, -0.2) is 0 Å². The second-order valence-corrected chi connectivity index (χ2v) is 5.96. The Balaban J connectivity index is 1.99. The molecule has 2 unspecified atom stereocenters. The number of hydrogen-bond acceptors (Lipinski definition) is 2. The molecule has 1 aliphatic rings. The molecule has 0 spiro atoms. The van der Waals surface area contributed by atoms with Crippen LogP contribution in [0.1, 0.15) is 42.5 Å². The Morgan fingerprint density at radius 2 is 1.83 bits per heavy atom. The Labute approximate surface area is 116 Å². The molecule has 4 heteroatoms. The molecule has 0 aromatic heterocycles. The summed E-state index contributed by atoms with van der Waals surface area (Å²) in [6.45, 7) is 0. The van der Waals surface area contributed by atoms with E-state index in [0.29, 0.717) is 10.4 Å². The van der Waals surface area contributed by atoms with E-state index in [2.05, 4.69) is 21.2 Å². The number of aromatic hydroxyl groups is 1. The Kier molecular flexibility index (Phi) is 4.64. The van der Waals surface area contributed by atoms with Gasteiger partial charge in [0.05, 0.1) is 0 Å². The first-order chi connectivity index (χ1) is 8.66. The third-order valence-electron chi connectivity index (χ3n) is 3.38. The summed E-state index contributed by atoms with van der Waals surface area (Å²) in [6, 6.07) is 6.56. The average molecular weight is 312 g/mol. The van der Waals surface area contributed by atoms with Crippen LogP contribution in [0.4, 0.5) is 0 Å². The number of carbonyl (C=O) groups excluding carboxylic acids is 1. The van der Waals surface area contributed by atoms with E-state index in [9.17, 15) is 9.90 Å². The molecule has 98 valence electrons. The van der Waals surface area contributed by atoms with Crippen LogP contribution in [0.3, 0.4) is 0 Å². The van der Waals surface area contributed by atoms with Crippen LogP contribution in [0.15, 0.2) is 24.3 Å². The van der Waals surface area contributed by atoms with Crippen molar-refractivity contribution in [2.24, 2.45) is 0 Å². The smallest absolute Gasteiger partial charge is 0.251 e. The van der Waals surface area contributed by atoms with E-state index in [0.717, 1.165) is 12.8 Å². The number of phenols is 1. The molecule has 1 saturated carbocycles. The highest BCUT2D eigenvalue weighted by Crippen LogP contribution is 2.24. The van der Waals surface area contributed by atoms with Crippen LogP contribution in [0.25, 0.3) is 0 Å². The van der Waals surface area contributed by atoms with Crippen molar-refractivity contribution in [2.75, 3.05) is 0 Å². The van der Waals surface area contributed by atoms with Crippen molar-refractivity contribution in [1.82, 2.24) is 5.32 Å². The summed E-state index contributed by atoms with van der Waals surface area (Å²) >= 11 is 3.66. The SMILES string of the molecule is O=C(NC1CCCCCC1Br)c1ccc(O)cc1. The predicted molar refractivity (Wildman–Crippen MR) is 75.2 cm³/mol. The van der Waals surface area contributed by atoms with Crippen molar-refractivity contribution in [1.29, 1.82) is 0 Å². The van der Waals surface area contributed by atoms with Gasteiger partial charge in [-0.15, -0.1) is 0 Å². The number of halogens is 1. The first kappa shape index (κ1) is 13.4. The summed E-state index contributed by atoms with van der Waals surface area (Å²) in [4.78, 5) is 12.4. The molecule has 0 aliphatic heterocycles. The van der Waals surface area contributed by atoms with Gasteiger partial charge in [0.25, 0.3) is 5.91 Å². The Morgan fingerprint density at radius 3 is 2.56 bits per heavy atom. The molecular weight excluding hydrogens is 294 g/mol. The van der Waals surface area contributed by atoms with E-state index >= 15 is 0 Å². The van der Waals surface area contributed by atoms with Gasteiger partial charge in [0.2, 0.25) is 0 Å². The van der Waals surface area contributed by atoms with E-state index in [1.54, 1.807) is 12.1 Å². The molecule has 1 aromatic carbocycles. The molecule has 0 bridgehead atoms. The van der Waals surface area contributed by atoms with Crippen LogP contribution in [-0.4, -0.2) is 21.9 Å². The Morgan fingerprint density at radius 1 is 1.17 bits per heavy atom. The lowest BCUT2D eigenvalue weighted by molar-refractivity contribution is 0.0935. The Hall–Kier alpha value is -1.03. The fourth-order valence-corrected chi connectivity index (χ4v) is 3.01. The third kappa shape index (κ3) is 3.48. The van der Waals surface area contributed by atoms with Crippen molar-refractivity contribution in [2.45, 2.75) is 43.0 Å². The van der Waals surface area contributed by atoms with Crippen molar-refractivity contribution >= 4 is 21.8 Å². The zero-order valence-corrected chi connectivity index (χ0v) is 11.8. The molecule has 2 rings (SSSR count). The standard InChI is InChI=1S/C14H18BrNO2/c15-12-4-2-1-3-5-13(12)16-14(18)10-6-8-11(17)9-7-10/h6-9,12-13,17H,1-5H2,(H,16,18). The molecular formula is C14H18BrNO2. The molecule has 2 atom stereocenters. The lowest BCUT2D eigenvalue weighted by atomic mass is 10.1. The van der Waals surface area contributed by atoms with Crippen LogP contribution in [-0.2, 0) is 0 Å². The monoisotopic (exact) mass is 311 g/mol. The summed E-state index contributed by atoms with van der Waals surface area (Å²) in [5, 5.41) is 12.3. The number of phenolic OH excluding ortho intramolecular Hbond substituents is 1. The van der Waals surface area contributed by atoms with E-state index in [1.165, 1.54) is 31.4 Å². The van der Waals surface area contributed by atoms with Gasteiger partial charge < -0.3 is 10.4 Å². The molecule has 0 saturated heterocycles.